The van der Waals surface area contributed by atoms with Gasteiger partial charge in [-0.3, -0.25) is 4.79 Å². The SMILES string of the molecule is COc1ccc(CO[C@H]2[C@H]3OC(C)(C)O[C@H]3O[C@@H]2/C=C/C(=O)[C@@H](C)OCOCc2ccccc2)cc1. The minimum atomic E-state index is -0.774. The Labute approximate surface area is 212 Å². The molecule has 2 aliphatic heterocycles. The summed E-state index contributed by atoms with van der Waals surface area (Å²) in [5, 5.41) is 0. The molecular formula is C28H34O8. The van der Waals surface area contributed by atoms with Gasteiger partial charge in [-0.25, -0.2) is 0 Å². The van der Waals surface area contributed by atoms with Gasteiger partial charge in [0, 0.05) is 0 Å². The molecule has 0 bridgehead atoms. The van der Waals surface area contributed by atoms with E-state index in [0.29, 0.717) is 13.2 Å². The molecule has 8 nitrogen and oxygen atoms in total. The minimum Gasteiger partial charge on any atom is -0.497 e. The van der Waals surface area contributed by atoms with Crippen LogP contribution in [0.3, 0.4) is 0 Å². The van der Waals surface area contributed by atoms with E-state index in [1.807, 2.05) is 68.4 Å². The monoisotopic (exact) mass is 498 g/mol. The summed E-state index contributed by atoms with van der Waals surface area (Å²) >= 11 is 0. The maximum atomic E-state index is 12.6. The summed E-state index contributed by atoms with van der Waals surface area (Å²) in [5.74, 6) is -0.197. The lowest BCUT2D eigenvalue weighted by molar-refractivity contribution is -0.213. The summed E-state index contributed by atoms with van der Waals surface area (Å²) in [4.78, 5) is 12.6. The lowest BCUT2D eigenvalue weighted by atomic mass is 10.1. The van der Waals surface area contributed by atoms with Crippen LogP contribution in [0.5, 0.6) is 5.75 Å². The molecule has 194 valence electrons. The van der Waals surface area contributed by atoms with Crippen LogP contribution in [0.1, 0.15) is 31.9 Å². The summed E-state index contributed by atoms with van der Waals surface area (Å²) in [5.41, 5.74) is 2.02. The van der Waals surface area contributed by atoms with Gasteiger partial charge in [0.2, 0.25) is 0 Å². The molecule has 2 aromatic rings. The third kappa shape index (κ3) is 7.00. The van der Waals surface area contributed by atoms with E-state index in [1.165, 1.54) is 6.08 Å². The molecule has 2 aromatic carbocycles. The molecule has 0 N–H and O–H groups in total. The first kappa shape index (κ1) is 26.5. The first-order chi connectivity index (χ1) is 17.3. The van der Waals surface area contributed by atoms with Crippen LogP contribution in [0.25, 0.3) is 0 Å². The van der Waals surface area contributed by atoms with Crippen LogP contribution >= 0.6 is 0 Å². The van der Waals surface area contributed by atoms with Gasteiger partial charge in [-0.2, -0.15) is 0 Å². The molecule has 0 saturated carbocycles. The fraction of sp³-hybridized carbons (Fsp3) is 0.464. The molecule has 0 aromatic heterocycles. The van der Waals surface area contributed by atoms with Crippen LogP contribution in [0.2, 0.25) is 0 Å². The smallest absolute Gasteiger partial charge is 0.190 e. The van der Waals surface area contributed by atoms with Crippen molar-refractivity contribution in [2.75, 3.05) is 13.9 Å². The van der Waals surface area contributed by atoms with Gasteiger partial charge in [-0.15, -0.1) is 0 Å². The van der Waals surface area contributed by atoms with Crippen molar-refractivity contribution in [2.45, 2.75) is 70.5 Å². The highest BCUT2D eigenvalue weighted by atomic mass is 16.8. The molecule has 2 fully saturated rings. The Balaban J connectivity index is 1.31. The number of hydrogen-bond donors (Lipinski definition) is 0. The molecule has 0 radical (unpaired) electrons. The Morgan fingerprint density at radius 3 is 2.47 bits per heavy atom. The fourth-order valence-corrected chi connectivity index (χ4v) is 4.05. The molecule has 2 aliphatic rings. The Hall–Kier alpha value is -2.59. The zero-order valence-electron chi connectivity index (χ0n) is 21.1. The first-order valence-electron chi connectivity index (χ1n) is 12.1. The van der Waals surface area contributed by atoms with E-state index in [9.17, 15) is 4.79 Å². The lowest BCUT2D eigenvalue weighted by Gasteiger charge is -2.24. The van der Waals surface area contributed by atoms with Crippen molar-refractivity contribution in [3.05, 3.63) is 77.9 Å². The standard InChI is InChI=1S/C28H34O8/c1-19(33-18-31-16-20-8-6-5-7-9-20)23(29)14-15-24-25(26-27(34-24)36-28(2,3)35-26)32-17-21-10-12-22(30-4)13-11-21/h5-15,19,24-27H,16-18H2,1-4H3/b15-14+/t19-,24-,25-,26-,27-/m1/s1. The largest absolute Gasteiger partial charge is 0.497 e. The average molecular weight is 499 g/mol. The second kappa shape index (κ2) is 12.1. The molecule has 2 saturated heterocycles. The predicted molar refractivity (Wildman–Crippen MR) is 131 cm³/mol. The highest BCUT2D eigenvalue weighted by Gasteiger charge is 2.54. The number of carbonyl (C=O) groups excluding carboxylic acids is 1. The molecular weight excluding hydrogens is 464 g/mol. The maximum Gasteiger partial charge on any atom is 0.190 e. The summed E-state index contributed by atoms with van der Waals surface area (Å²) in [6.45, 7) is 6.14. The van der Waals surface area contributed by atoms with Crippen LogP contribution < -0.4 is 4.74 Å². The van der Waals surface area contributed by atoms with Crippen molar-refractivity contribution in [2.24, 2.45) is 0 Å². The third-order valence-corrected chi connectivity index (χ3v) is 5.99. The Morgan fingerprint density at radius 1 is 1.03 bits per heavy atom. The molecule has 0 aliphatic carbocycles. The minimum absolute atomic E-state index is 0.0179. The predicted octanol–water partition coefficient (Wildman–Crippen LogP) is 4.16. The Bertz CT molecular complexity index is 1000. The van der Waals surface area contributed by atoms with Crippen molar-refractivity contribution < 1.29 is 38.0 Å². The van der Waals surface area contributed by atoms with Crippen molar-refractivity contribution in [3.63, 3.8) is 0 Å². The molecule has 2 heterocycles. The van der Waals surface area contributed by atoms with E-state index >= 15 is 0 Å². The summed E-state index contributed by atoms with van der Waals surface area (Å²) in [7, 11) is 1.63. The van der Waals surface area contributed by atoms with Gasteiger partial charge in [0.05, 0.1) is 20.3 Å². The molecule has 4 rings (SSSR count). The number of ether oxygens (including phenoxy) is 7. The molecule has 36 heavy (non-hydrogen) atoms. The zero-order valence-corrected chi connectivity index (χ0v) is 21.1. The average Bonchev–Trinajstić information content (AvgIpc) is 3.35. The zero-order chi connectivity index (χ0) is 25.5. The Kier molecular flexibility index (Phi) is 8.90. The quantitative estimate of drug-likeness (QED) is 0.245. The Morgan fingerprint density at radius 2 is 1.75 bits per heavy atom. The number of rotatable bonds is 12. The van der Waals surface area contributed by atoms with E-state index in [0.717, 1.165) is 16.9 Å². The second-order valence-corrected chi connectivity index (χ2v) is 9.22. The number of fused-ring (bicyclic) bond motifs is 1. The second-order valence-electron chi connectivity index (χ2n) is 9.22. The first-order valence-corrected chi connectivity index (χ1v) is 12.1. The topological polar surface area (TPSA) is 81.7 Å². The van der Waals surface area contributed by atoms with Crippen LogP contribution in [-0.4, -0.2) is 56.2 Å². The molecule has 0 amide bonds. The van der Waals surface area contributed by atoms with Crippen molar-refractivity contribution >= 4 is 5.78 Å². The summed E-state index contributed by atoms with van der Waals surface area (Å²) in [6, 6.07) is 17.4. The highest BCUT2D eigenvalue weighted by molar-refractivity contribution is 5.93. The molecule has 8 heteroatoms. The van der Waals surface area contributed by atoms with E-state index < -0.39 is 36.5 Å². The van der Waals surface area contributed by atoms with Gasteiger partial charge in [0.25, 0.3) is 0 Å². The normalized spacial score (nSPS) is 25.7. The van der Waals surface area contributed by atoms with Crippen LogP contribution in [0.15, 0.2) is 66.7 Å². The molecule has 0 spiro atoms. The fourth-order valence-electron chi connectivity index (χ4n) is 4.05. The van der Waals surface area contributed by atoms with Gasteiger partial charge in [-0.05, 0) is 56.2 Å². The van der Waals surface area contributed by atoms with Crippen LogP contribution in [0.4, 0.5) is 0 Å². The highest BCUT2D eigenvalue weighted by Crippen LogP contribution is 2.39. The number of methoxy groups -OCH3 is 1. The summed E-state index contributed by atoms with van der Waals surface area (Å²) in [6.07, 6.45) is 0.525. The summed E-state index contributed by atoms with van der Waals surface area (Å²) < 4.78 is 40.4. The van der Waals surface area contributed by atoms with E-state index in [1.54, 1.807) is 20.1 Å². The van der Waals surface area contributed by atoms with Gasteiger partial charge in [0.15, 0.2) is 17.9 Å². The third-order valence-electron chi connectivity index (χ3n) is 5.99. The van der Waals surface area contributed by atoms with E-state index in [-0.39, 0.29) is 12.6 Å². The number of hydrogen-bond acceptors (Lipinski definition) is 8. The van der Waals surface area contributed by atoms with E-state index in [4.69, 9.17) is 33.2 Å². The van der Waals surface area contributed by atoms with Crippen molar-refractivity contribution in [1.82, 2.24) is 0 Å². The van der Waals surface area contributed by atoms with Crippen molar-refractivity contribution in [1.29, 1.82) is 0 Å². The van der Waals surface area contributed by atoms with Gasteiger partial charge in [0.1, 0.15) is 37.0 Å². The maximum absolute atomic E-state index is 12.6. The van der Waals surface area contributed by atoms with Gasteiger partial charge >= 0.3 is 0 Å². The lowest BCUT2D eigenvalue weighted by Crippen LogP contribution is -2.36. The van der Waals surface area contributed by atoms with Crippen LogP contribution in [-0.2, 0) is 46.4 Å². The number of carbonyl (C=O) groups is 1. The van der Waals surface area contributed by atoms with Crippen LogP contribution in [0, 0.1) is 0 Å². The number of benzene rings is 2. The van der Waals surface area contributed by atoms with Gasteiger partial charge in [-0.1, -0.05) is 42.5 Å². The van der Waals surface area contributed by atoms with Gasteiger partial charge < -0.3 is 33.2 Å². The van der Waals surface area contributed by atoms with E-state index in [2.05, 4.69) is 0 Å². The number of ketones is 1. The molecule has 0 unspecified atom stereocenters. The molecule has 5 atom stereocenters. The van der Waals surface area contributed by atoms with Crippen molar-refractivity contribution in [3.8, 4) is 5.75 Å².